The molecule has 0 aromatic heterocycles. The zero-order valence-electron chi connectivity index (χ0n) is 13.0. The Morgan fingerprint density at radius 1 is 1.08 bits per heavy atom. The fourth-order valence-electron chi connectivity index (χ4n) is 2.92. The van der Waals surface area contributed by atoms with E-state index in [9.17, 15) is 22.8 Å². The van der Waals surface area contributed by atoms with Gasteiger partial charge in [-0.1, -0.05) is 24.3 Å². The molecule has 0 saturated carbocycles. The summed E-state index contributed by atoms with van der Waals surface area (Å²) in [6, 6.07) is 5.87. The van der Waals surface area contributed by atoms with Crippen LogP contribution in [0.5, 0.6) is 0 Å². The lowest BCUT2D eigenvalue weighted by Crippen LogP contribution is -2.41. The smallest absolute Gasteiger partial charge is 0.221 e. The third-order valence-corrected chi connectivity index (χ3v) is 5.77. The van der Waals surface area contributed by atoms with Crippen molar-refractivity contribution in [3.8, 4) is 0 Å². The molecule has 0 radical (unpaired) electrons. The minimum atomic E-state index is -3.15. The Balaban J connectivity index is 2.02. The van der Waals surface area contributed by atoms with Gasteiger partial charge in [0.1, 0.15) is 11.4 Å². The summed E-state index contributed by atoms with van der Waals surface area (Å²) in [6.07, 6.45) is 0.350. The molecule has 0 spiro atoms. The Bertz CT molecular complexity index is 885. The van der Waals surface area contributed by atoms with Gasteiger partial charge in [-0.3, -0.25) is 14.4 Å². The Hall–Kier alpha value is -2.48. The maximum absolute atomic E-state index is 12.7. The van der Waals surface area contributed by atoms with Crippen molar-refractivity contribution in [2.24, 2.45) is 0 Å². The van der Waals surface area contributed by atoms with Crippen molar-refractivity contribution in [2.75, 3.05) is 11.5 Å². The molecule has 126 valence electrons. The van der Waals surface area contributed by atoms with E-state index in [-0.39, 0.29) is 34.0 Å². The zero-order chi connectivity index (χ0) is 17.5. The van der Waals surface area contributed by atoms with Crippen molar-refractivity contribution in [3.63, 3.8) is 0 Å². The zero-order valence-corrected chi connectivity index (χ0v) is 13.8. The van der Waals surface area contributed by atoms with Crippen LogP contribution in [0.3, 0.4) is 0 Å². The number of hydrogen-bond acceptors (Lipinski definition) is 6. The van der Waals surface area contributed by atoms with E-state index in [0.29, 0.717) is 6.42 Å². The third kappa shape index (κ3) is 2.96. The van der Waals surface area contributed by atoms with E-state index in [2.05, 4.69) is 10.6 Å². The van der Waals surface area contributed by atoms with E-state index in [4.69, 9.17) is 0 Å². The largest absolute Gasteiger partial charge is 0.376 e. The van der Waals surface area contributed by atoms with Crippen LogP contribution in [0.25, 0.3) is 0 Å². The summed E-state index contributed by atoms with van der Waals surface area (Å²) in [5, 5.41) is 5.27. The van der Waals surface area contributed by atoms with Crippen molar-refractivity contribution in [1.29, 1.82) is 0 Å². The molecule has 1 atom stereocenters. The lowest BCUT2D eigenvalue weighted by Gasteiger charge is -2.24. The number of sulfone groups is 1. The molecule has 0 bridgehead atoms. The maximum Gasteiger partial charge on any atom is 0.221 e. The van der Waals surface area contributed by atoms with E-state index in [1.165, 1.54) is 19.1 Å². The highest BCUT2D eigenvalue weighted by atomic mass is 32.2. The second kappa shape index (κ2) is 5.86. The molecular formula is C16H16N2O5S. The lowest BCUT2D eigenvalue weighted by atomic mass is 9.90. The van der Waals surface area contributed by atoms with E-state index in [1.54, 1.807) is 12.1 Å². The molecule has 0 unspecified atom stereocenters. The van der Waals surface area contributed by atoms with Crippen molar-refractivity contribution >= 4 is 27.3 Å². The number of amides is 1. The predicted molar refractivity (Wildman–Crippen MR) is 86.1 cm³/mol. The summed E-state index contributed by atoms with van der Waals surface area (Å²) < 4.78 is 23.2. The highest BCUT2D eigenvalue weighted by molar-refractivity contribution is 7.91. The number of nitrogens with one attached hydrogen (secondary N) is 2. The number of Topliss-reactive ketones (excluding diaryl/α,β-unsaturated/α-hetero) is 2. The van der Waals surface area contributed by atoms with Crippen LogP contribution in [0.2, 0.25) is 0 Å². The highest BCUT2D eigenvalue weighted by Crippen LogP contribution is 2.25. The molecule has 3 rings (SSSR count). The minimum Gasteiger partial charge on any atom is -0.376 e. The third-order valence-electron chi connectivity index (χ3n) is 4.00. The number of benzene rings is 1. The fourth-order valence-corrected chi connectivity index (χ4v) is 4.59. The topological polar surface area (TPSA) is 109 Å². The van der Waals surface area contributed by atoms with E-state index < -0.39 is 33.4 Å². The molecule has 7 nitrogen and oxygen atoms in total. The Kier molecular flexibility index (Phi) is 4.00. The first kappa shape index (κ1) is 16.4. The molecule has 1 aromatic carbocycles. The van der Waals surface area contributed by atoms with Gasteiger partial charge in [0, 0.05) is 24.1 Å². The maximum atomic E-state index is 12.7. The molecule has 2 N–H and O–H groups in total. The van der Waals surface area contributed by atoms with Gasteiger partial charge in [-0.25, -0.2) is 8.42 Å². The average molecular weight is 348 g/mol. The Morgan fingerprint density at radius 3 is 2.17 bits per heavy atom. The molecule has 8 heteroatoms. The monoisotopic (exact) mass is 348 g/mol. The van der Waals surface area contributed by atoms with Gasteiger partial charge >= 0.3 is 0 Å². The summed E-state index contributed by atoms with van der Waals surface area (Å²) in [5.41, 5.74) is 0.280. The van der Waals surface area contributed by atoms with Crippen LogP contribution < -0.4 is 10.6 Å². The van der Waals surface area contributed by atoms with E-state index in [0.717, 1.165) is 0 Å². The normalized spacial score (nSPS) is 22.3. The van der Waals surface area contributed by atoms with E-state index in [1.807, 2.05) is 0 Å². The van der Waals surface area contributed by atoms with Crippen molar-refractivity contribution in [3.05, 3.63) is 46.8 Å². The number of carbonyl (C=O) groups excluding carboxylic acids is 3. The van der Waals surface area contributed by atoms with Gasteiger partial charge < -0.3 is 10.6 Å². The average Bonchev–Trinajstić information content (AvgIpc) is 2.87. The van der Waals surface area contributed by atoms with Crippen LogP contribution in [0.1, 0.15) is 34.1 Å². The van der Waals surface area contributed by atoms with E-state index >= 15 is 0 Å². The van der Waals surface area contributed by atoms with Crippen LogP contribution in [0.4, 0.5) is 0 Å². The number of carbonyl (C=O) groups is 3. The Morgan fingerprint density at radius 2 is 1.67 bits per heavy atom. The fraction of sp³-hybridized carbons (Fsp3) is 0.312. The van der Waals surface area contributed by atoms with Gasteiger partial charge in [0.15, 0.2) is 9.84 Å². The second-order valence-electron chi connectivity index (χ2n) is 5.88. The standard InChI is InChI=1S/C16H16N2O5S/c1-9(19)17-13-14(18-10-6-7-24(22,23)8-10)16(21)12-5-3-2-4-11(12)15(13)20/h2-5,10,18H,6-8H2,1H3,(H,17,19)/t10-/m1/s1. The number of rotatable bonds is 3. The highest BCUT2D eigenvalue weighted by Gasteiger charge is 2.36. The van der Waals surface area contributed by atoms with Crippen LogP contribution in [0.15, 0.2) is 35.7 Å². The van der Waals surface area contributed by atoms with Crippen LogP contribution in [-0.2, 0) is 14.6 Å². The molecular weight excluding hydrogens is 332 g/mol. The molecule has 1 aliphatic carbocycles. The van der Waals surface area contributed by atoms with Gasteiger partial charge in [-0.2, -0.15) is 0 Å². The molecule has 24 heavy (non-hydrogen) atoms. The second-order valence-corrected chi connectivity index (χ2v) is 8.11. The molecule has 1 aromatic rings. The molecule has 1 aliphatic heterocycles. The van der Waals surface area contributed by atoms with Crippen LogP contribution in [0, 0.1) is 0 Å². The summed E-state index contributed by atoms with van der Waals surface area (Å²) >= 11 is 0. The molecule has 1 saturated heterocycles. The minimum absolute atomic E-state index is 0.0339. The van der Waals surface area contributed by atoms with Crippen LogP contribution in [-0.4, -0.2) is 43.4 Å². The molecule has 1 fully saturated rings. The van der Waals surface area contributed by atoms with Crippen molar-refractivity contribution in [1.82, 2.24) is 10.6 Å². The SMILES string of the molecule is CC(=O)NC1=C(N[C@@H]2CCS(=O)(=O)C2)C(=O)c2ccccc2C1=O. The molecule has 1 amide bonds. The predicted octanol–water partition coefficient (Wildman–Crippen LogP) is 0.190. The van der Waals surface area contributed by atoms with Gasteiger partial charge in [0.05, 0.1) is 11.5 Å². The molecule has 1 heterocycles. The first-order valence-electron chi connectivity index (χ1n) is 7.46. The summed E-state index contributed by atoms with van der Waals surface area (Å²) in [6.45, 7) is 1.24. The first-order chi connectivity index (χ1) is 11.3. The van der Waals surface area contributed by atoms with Gasteiger partial charge in [-0.15, -0.1) is 0 Å². The summed E-state index contributed by atoms with van der Waals surface area (Å²) in [7, 11) is -3.15. The van der Waals surface area contributed by atoms with Crippen molar-refractivity contribution in [2.45, 2.75) is 19.4 Å². The quantitative estimate of drug-likeness (QED) is 0.807. The van der Waals surface area contributed by atoms with Crippen molar-refractivity contribution < 1.29 is 22.8 Å². The number of fused-ring (bicyclic) bond motifs is 1. The number of hydrogen-bond donors (Lipinski definition) is 2. The van der Waals surface area contributed by atoms with Gasteiger partial charge in [0.25, 0.3) is 0 Å². The van der Waals surface area contributed by atoms with Gasteiger partial charge in [-0.05, 0) is 6.42 Å². The van der Waals surface area contributed by atoms with Gasteiger partial charge in [0.2, 0.25) is 17.5 Å². The van der Waals surface area contributed by atoms with Crippen LogP contribution >= 0.6 is 0 Å². The number of allylic oxidation sites excluding steroid dienone is 2. The Labute approximate surface area is 139 Å². The molecule has 2 aliphatic rings. The summed E-state index contributed by atoms with van der Waals surface area (Å²) in [5.74, 6) is -1.45. The lowest BCUT2D eigenvalue weighted by molar-refractivity contribution is -0.118. The first-order valence-corrected chi connectivity index (χ1v) is 9.28. The summed E-state index contributed by atoms with van der Waals surface area (Å²) in [4.78, 5) is 36.8. The number of ketones is 2.